The van der Waals surface area contributed by atoms with Crippen molar-refractivity contribution in [2.45, 2.75) is 6.92 Å². The Labute approximate surface area is 126 Å². The number of hydrogen-bond donors (Lipinski definition) is 0. The molecule has 0 fully saturated rings. The van der Waals surface area contributed by atoms with Crippen LogP contribution >= 0.6 is 22.6 Å². The monoisotopic (exact) mass is 391 g/mol. The molecule has 0 atom stereocenters. The van der Waals surface area contributed by atoms with Crippen LogP contribution in [0.3, 0.4) is 0 Å². The summed E-state index contributed by atoms with van der Waals surface area (Å²) in [6.45, 7) is 1.95. The first kappa shape index (κ1) is 14.3. The molecule has 0 amide bonds. The maximum absolute atomic E-state index is 12.5. The molecule has 19 heavy (non-hydrogen) atoms. The summed E-state index contributed by atoms with van der Waals surface area (Å²) < 4.78 is 29.1. The molecule has 0 N–H and O–H groups in total. The van der Waals surface area contributed by atoms with Gasteiger partial charge in [-0.1, -0.05) is 34.7 Å². The van der Waals surface area contributed by atoms with E-state index in [2.05, 4.69) is 4.99 Å². The van der Waals surface area contributed by atoms with Gasteiger partial charge in [0.25, 0.3) is 0 Å². The lowest BCUT2D eigenvalue weighted by atomic mass is 10.1. The summed E-state index contributed by atoms with van der Waals surface area (Å²) in [7, 11) is -0.464. The van der Waals surface area contributed by atoms with Gasteiger partial charge in [-0.15, -0.1) is 0 Å². The molecule has 0 aromatic heterocycles. The topological polar surface area (TPSA) is 53.0 Å². The molecular formula is C12H14IN3O2S. The minimum Gasteiger partial charge on any atom is -0.270 e. The summed E-state index contributed by atoms with van der Waals surface area (Å²) in [5.74, 6) is 0.444. The van der Waals surface area contributed by atoms with Crippen LogP contribution in [0.25, 0.3) is 0 Å². The number of nitrogens with zero attached hydrogens (tertiary/aromatic N) is 3. The Kier molecular flexibility index (Phi) is 3.86. The van der Waals surface area contributed by atoms with E-state index in [1.54, 1.807) is 24.2 Å². The molecule has 5 nitrogen and oxygen atoms in total. The molecule has 2 rings (SSSR count). The lowest BCUT2D eigenvalue weighted by molar-refractivity contribution is 0.558. The fraction of sp³-hybridized carbons (Fsp3) is 0.250. The van der Waals surface area contributed by atoms with Crippen molar-refractivity contribution in [3.63, 3.8) is 0 Å². The van der Waals surface area contributed by atoms with Gasteiger partial charge in [0.2, 0.25) is 0 Å². The van der Waals surface area contributed by atoms with Crippen LogP contribution in [-0.4, -0.2) is 32.7 Å². The van der Waals surface area contributed by atoms with Gasteiger partial charge in [0, 0.05) is 25.9 Å². The van der Waals surface area contributed by atoms with Crippen molar-refractivity contribution < 1.29 is 8.42 Å². The number of halogens is 1. The van der Waals surface area contributed by atoms with E-state index in [-0.39, 0.29) is 0 Å². The van der Waals surface area contributed by atoms with Crippen LogP contribution in [0.4, 0.5) is 5.69 Å². The van der Waals surface area contributed by atoms with Crippen molar-refractivity contribution in [3.05, 3.63) is 39.6 Å². The number of hydrogen-bond acceptors (Lipinski definition) is 3. The summed E-state index contributed by atoms with van der Waals surface area (Å²) in [5, 5.41) is 0. The second kappa shape index (κ2) is 5.12. The SMILES string of the molecule is CN=C1c2c(C)cccc2N(C)S(=O)(=O)N1/C=C\I. The highest BCUT2D eigenvalue weighted by Crippen LogP contribution is 2.33. The van der Waals surface area contributed by atoms with E-state index >= 15 is 0 Å². The summed E-state index contributed by atoms with van der Waals surface area (Å²) in [6.07, 6.45) is 1.50. The molecule has 1 aromatic carbocycles. The smallest absolute Gasteiger partial charge is 0.270 e. The van der Waals surface area contributed by atoms with Gasteiger partial charge < -0.3 is 0 Å². The van der Waals surface area contributed by atoms with Crippen molar-refractivity contribution in [1.29, 1.82) is 0 Å². The fourth-order valence-corrected chi connectivity index (χ4v) is 3.90. The number of aryl methyl sites for hydroxylation is 1. The Bertz CT molecular complexity index is 668. The molecule has 1 aliphatic rings. The first-order valence-corrected chi connectivity index (χ1v) is 8.21. The number of rotatable bonds is 1. The second-order valence-corrected chi connectivity index (χ2v) is 6.62. The van der Waals surface area contributed by atoms with E-state index in [0.717, 1.165) is 11.1 Å². The van der Waals surface area contributed by atoms with Gasteiger partial charge in [-0.2, -0.15) is 8.42 Å². The predicted octanol–water partition coefficient (Wildman–Crippen LogP) is 2.27. The van der Waals surface area contributed by atoms with Gasteiger partial charge in [0.15, 0.2) is 5.84 Å². The Morgan fingerprint density at radius 3 is 2.63 bits per heavy atom. The number of anilines is 1. The third kappa shape index (κ3) is 2.14. The number of benzene rings is 1. The van der Waals surface area contributed by atoms with Crippen LogP contribution in [-0.2, 0) is 10.2 Å². The zero-order valence-electron chi connectivity index (χ0n) is 10.8. The Hall–Kier alpha value is -1.09. The molecule has 102 valence electrons. The van der Waals surface area contributed by atoms with E-state index in [0.29, 0.717) is 11.5 Å². The number of fused-ring (bicyclic) bond motifs is 1. The van der Waals surface area contributed by atoms with E-state index in [9.17, 15) is 8.42 Å². The molecule has 0 spiro atoms. The minimum absolute atomic E-state index is 0.444. The Morgan fingerprint density at radius 1 is 1.37 bits per heavy atom. The van der Waals surface area contributed by atoms with Crippen molar-refractivity contribution >= 4 is 44.3 Å². The fourth-order valence-electron chi connectivity index (χ4n) is 2.09. The Balaban J connectivity index is 2.83. The summed E-state index contributed by atoms with van der Waals surface area (Å²) in [5.41, 5.74) is 2.49. The van der Waals surface area contributed by atoms with Gasteiger partial charge in [-0.25, -0.2) is 4.31 Å². The second-order valence-electron chi connectivity index (χ2n) is 4.06. The summed E-state index contributed by atoms with van der Waals surface area (Å²) >= 11 is 1.99. The summed E-state index contributed by atoms with van der Waals surface area (Å²) in [6, 6.07) is 5.58. The minimum atomic E-state index is -3.61. The van der Waals surface area contributed by atoms with Gasteiger partial charge in [0.05, 0.1) is 5.69 Å². The van der Waals surface area contributed by atoms with E-state index < -0.39 is 10.2 Å². The van der Waals surface area contributed by atoms with Gasteiger partial charge >= 0.3 is 10.2 Å². The molecule has 0 saturated heterocycles. The molecule has 1 aliphatic heterocycles. The molecule has 0 radical (unpaired) electrons. The lowest BCUT2D eigenvalue weighted by Gasteiger charge is -2.35. The lowest BCUT2D eigenvalue weighted by Crippen LogP contribution is -2.47. The average Bonchev–Trinajstić information content (AvgIpc) is 2.37. The summed E-state index contributed by atoms with van der Waals surface area (Å²) in [4.78, 5) is 4.16. The largest absolute Gasteiger partial charge is 0.331 e. The Morgan fingerprint density at radius 2 is 2.05 bits per heavy atom. The maximum Gasteiger partial charge on any atom is 0.331 e. The zero-order chi connectivity index (χ0) is 14.2. The molecule has 7 heteroatoms. The molecule has 1 aromatic rings. The molecule has 0 aliphatic carbocycles. The average molecular weight is 391 g/mol. The van der Waals surface area contributed by atoms with Gasteiger partial charge in [0.1, 0.15) is 0 Å². The predicted molar refractivity (Wildman–Crippen MR) is 86.0 cm³/mol. The molecule has 0 saturated carbocycles. The van der Waals surface area contributed by atoms with Crippen molar-refractivity contribution in [2.24, 2.45) is 4.99 Å². The van der Waals surface area contributed by atoms with Crippen molar-refractivity contribution in [3.8, 4) is 0 Å². The van der Waals surface area contributed by atoms with Crippen LogP contribution in [0, 0.1) is 6.92 Å². The standard InChI is InChI=1S/C12H14IN3O2S/c1-9-5-4-6-10-11(9)12(14-2)16(8-7-13)19(17,18)15(10)3/h4-8H,1-3H3/b8-7-,14-12?. The number of aliphatic imine (C=N–C) groups is 1. The highest BCUT2D eigenvalue weighted by Gasteiger charge is 2.37. The van der Waals surface area contributed by atoms with E-state index in [4.69, 9.17) is 0 Å². The molecular weight excluding hydrogens is 377 g/mol. The first-order valence-electron chi connectivity index (χ1n) is 5.57. The first-order chi connectivity index (χ1) is 8.95. The van der Waals surface area contributed by atoms with Crippen molar-refractivity contribution in [2.75, 3.05) is 18.4 Å². The van der Waals surface area contributed by atoms with Crippen LogP contribution < -0.4 is 4.31 Å². The highest BCUT2D eigenvalue weighted by molar-refractivity contribution is 14.1. The normalized spacial score (nSPS) is 20.1. The third-order valence-corrected chi connectivity index (χ3v) is 5.02. The quantitative estimate of drug-likeness (QED) is 0.690. The van der Waals surface area contributed by atoms with Crippen LogP contribution in [0.1, 0.15) is 11.1 Å². The number of amidine groups is 1. The maximum atomic E-state index is 12.5. The molecule has 0 bridgehead atoms. The van der Waals surface area contributed by atoms with Crippen molar-refractivity contribution in [1.82, 2.24) is 4.31 Å². The van der Waals surface area contributed by atoms with Crippen LogP contribution in [0.15, 0.2) is 33.5 Å². The van der Waals surface area contributed by atoms with Crippen LogP contribution in [0.5, 0.6) is 0 Å². The molecule has 0 unspecified atom stereocenters. The third-order valence-electron chi connectivity index (χ3n) is 3.02. The van der Waals surface area contributed by atoms with Gasteiger partial charge in [-0.05, 0) is 22.6 Å². The van der Waals surface area contributed by atoms with Gasteiger partial charge in [-0.3, -0.25) is 9.30 Å². The van der Waals surface area contributed by atoms with Crippen LogP contribution in [0.2, 0.25) is 0 Å². The van der Waals surface area contributed by atoms with E-state index in [1.165, 1.54) is 14.8 Å². The highest BCUT2D eigenvalue weighted by atomic mass is 127. The zero-order valence-corrected chi connectivity index (χ0v) is 13.8. The van der Waals surface area contributed by atoms with E-state index in [1.807, 2.05) is 41.6 Å². The molecule has 1 heterocycles.